The molecule has 0 aliphatic rings. The van der Waals surface area contributed by atoms with Gasteiger partial charge in [-0.2, -0.15) is 0 Å². The van der Waals surface area contributed by atoms with Crippen molar-refractivity contribution in [1.29, 1.82) is 0 Å². The third kappa shape index (κ3) is 2.23. The fraction of sp³-hybridized carbons (Fsp3) is 1.00. The minimum Gasteiger partial charge on any atom is -0.395 e. The molecule has 0 saturated heterocycles. The fourth-order valence-corrected chi connectivity index (χ4v) is 0.418. The summed E-state index contributed by atoms with van der Waals surface area (Å²) in [5.41, 5.74) is 0. The number of halogens is 1. The molecule has 0 amide bonds. The molecule has 1 atom stereocenters. The summed E-state index contributed by atoms with van der Waals surface area (Å²) in [6.07, 6.45) is 0. The molecule has 0 fully saturated rings. The topological polar surface area (TPSA) is 54.4 Å². The molecule has 50 valence electrons. The van der Waals surface area contributed by atoms with Crippen molar-refractivity contribution in [2.45, 2.75) is 5.25 Å². The molecule has 0 aliphatic heterocycles. The second-order valence-electron chi connectivity index (χ2n) is 1.28. The van der Waals surface area contributed by atoms with Gasteiger partial charge < -0.3 is 5.11 Å². The quantitative estimate of drug-likeness (QED) is 0.493. The van der Waals surface area contributed by atoms with Gasteiger partial charge in [0, 0.05) is 0 Å². The summed E-state index contributed by atoms with van der Waals surface area (Å²) < 4.78 is 31.0. The van der Waals surface area contributed by atoms with Gasteiger partial charge in [0.1, 0.15) is 22.6 Å². The van der Waals surface area contributed by atoms with Crippen LogP contribution in [0.1, 0.15) is 0 Å². The Balaban J connectivity index is 3.70. The van der Waals surface area contributed by atoms with Crippen LogP contribution in [0.3, 0.4) is 0 Å². The molecule has 0 saturated carbocycles. The van der Waals surface area contributed by atoms with Crippen LogP contribution in [0.25, 0.3) is 0 Å². The van der Waals surface area contributed by atoms with Gasteiger partial charge in [-0.25, -0.2) is 12.8 Å². The van der Waals surface area contributed by atoms with Crippen LogP contribution in [0.15, 0.2) is 0 Å². The van der Waals surface area contributed by atoms with Crippen molar-refractivity contribution in [3.8, 4) is 0 Å². The van der Waals surface area contributed by atoms with E-state index in [0.717, 1.165) is 0 Å². The van der Waals surface area contributed by atoms with Crippen LogP contribution < -0.4 is 0 Å². The van der Waals surface area contributed by atoms with Crippen LogP contribution in [-0.2, 0) is 10.7 Å². The Morgan fingerprint density at radius 2 is 2.12 bits per heavy atom. The van der Waals surface area contributed by atoms with Crippen molar-refractivity contribution in [3.05, 3.63) is 0 Å². The maximum Gasteiger partial charge on any atom is 0.147 e. The second kappa shape index (κ2) is 3.80. The van der Waals surface area contributed by atoms with Crippen LogP contribution >= 0.6 is 0 Å². The zero-order valence-corrected chi connectivity index (χ0v) is 4.97. The highest BCUT2D eigenvalue weighted by Gasteiger charge is 2.07. The first kappa shape index (κ1) is 7.84. The summed E-state index contributed by atoms with van der Waals surface area (Å²) >= 11 is 0. The van der Waals surface area contributed by atoms with E-state index in [9.17, 15) is 12.8 Å². The highest BCUT2D eigenvalue weighted by molar-refractivity contribution is 7.73. The lowest BCUT2D eigenvalue weighted by atomic mass is 10.5. The maximum absolute atomic E-state index is 11.4. The van der Waals surface area contributed by atoms with E-state index in [0.29, 0.717) is 0 Å². The molecular weight excluding hydrogens is 135 g/mol. The van der Waals surface area contributed by atoms with Gasteiger partial charge in [-0.1, -0.05) is 0 Å². The van der Waals surface area contributed by atoms with E-state index in [1.807, 2.05) is 0 Å². The molecule has 0 radical (unpaired) electrons. The first-order valence-electron chi connectivity index (χ1n) is 2.02. The molecule has 5 heteroatoms. The van der Waals surface area contributed by atoms with Gasteiger partial charge in [0.25, 0.3) is 0 Å². The first-order chi connectivity index (χ1) is 3.72. The molecule has 0 bridgehead atoms. The molecule has 0 heterocycles. The minimum atomic E-state index is -2.79. The van der Waals surface area contributed by atoms with Crippen LogP contribution in [0.5, 0.6) is 0 Å². The molecule has 8 heavy (non-hydrogen) atoms. The molecular formula is C3H7FO3S. The Kier molecular flexibility index (Phi) is 3.72. The number of thiol groups is 1. The number of rotatable bonds is 3. The third-order valence-corrected chi connectivity index (χ3v) is 1.58. The Morgan fingerprint density at radius 3 is 2.12 bits per heavy atom. The molecule has 0 spiro atoms. The lowest BCUT2D eigenvalue weighted by molar-refractivity contribution is 0.272. The predicted octanol–water partition coefficient (Wildman–Crippen LogP) is -1.07. The van der Waals surface area contributed by atoms with Crippen LogP contribution in [-0.4, -0.2) is 32.1 Å². The largest absolute Gasteiger partial charge is 0.395 e. The standard InChI is InChI=1S/C3H7FO3S/c4-1-3(2-5)8(6)7/h3,5,8H,1-2H2. The van der Waals surface area contributed by atoms with E-state index < -0.39 is 29.2 Å². The normalized spacial score (nSPS) is 14.4. The average Bonchev–Trinajstić information content (AvgIpc) is 1.69. The van der Waals surface area contributed by atoms with E-state index in [1.54, 1.807) is 0 Å². The summed E-state index contributed by atoms with van der Waals surface area (Å²) in [6.45, 7) is -1.63. The summed E-state index contributed by atoms with van der Waals surface area (Å²) in [7, 11) is -2.79. The third-order valence-electron chi connectivity index (χ3n) is 0.687. The highest BCUT2D eigenvalue weighted by Crippen LogP contribution is 1.86. The van der Waals surface area contributed by atoms with Crippen molar-refractivity contribution < 1.29 is 17.9 Å². The van der Waals surface area contributed by atoms with Crippen LogP contribution in [0.4, 0.5) is 4.39 Å². The molecule has 1 N–H and O–H groups in total. The molecule has 0 aromatic heterocycles. The summed E-state index contributed by atoms with van der Waals surface area (Å²) in [5, 5.41) is 6.87. The number of hydrogen-bond donors (Lipinski definition) is 2. The highest BCUT2D eigenvalue weighted by atomic mass is 32.2. The van der Waals surface area contributed by atoms with Gasteiger partial charge in [0.15, 0.2) is 0 Å². The zero-order valence-electron chi connectivity index (χ0n) is 4.08. The van der Waals surface area contributed by atoms with E-state index in [4.69, 9.17) is 5.11 Å². The van der Waals surface area contributed by atoms with Gasteiger partial charge >= 0.3 is 0 Å². The van der Waals surface area contributed by atoms with Gasteiger partial charge in [-0.05, 0) is 0 Å². The van der Waals surface area contributed by atoms with Crippen molar-refractivity contribution in [3.63, 3.8) is 0 Å². The van der Waals surface area contributed by atoms with Gasteiger partial charge in [-0.3, -0.25) is 0 Å². The molecule has 0 aromatic carbocycles. The predicted molar refractivity (Wildman–Crippen MR) is 27.2 cm³/mol. The monoisotopic (exact) mass is 142 g/mol. The number of aliphatic hydroxyl groups is 1. The molecule has 0 rings (SSSR count). The minimum absolute atomic E-state index is 0.630. The summed E-state index contributed by atoms with van der Waals surface area (Å²) in [4.78, 5) is 0. The smallest absolute Gasteiger partial charge is 0.147 e. The van der Waals surface area contributed by atoms with Crippen molar-refractivity contribution in [1.82, 2.24) is 0 Å². The van der Waals surface area contributed by atoms with Crippen molar-refractivity contribution in [2.75, 3.05) is 13.3 Å². The lowest BCUT2D eigenvalue weighted by Gasteiger charge is -1.95. The SMILES string of the molecule is O=[SH](=O)C(CO)CF. The first-order valence-corrected chi connectivity index (χ1v) is 3.27. The lowest BCUT2D eigenvalue weighted by Crippen LogP contribution is -2.16. The Morgan fingerprint density at radius 1 is 1.62 bits per heavy atom. The summed E-state index contributed by atoms with van der Waals surface area (Å²) in [6, 6.07) is 0. The average molecular weight is 142 g/mol. The van der Waals surface area contributed by atoms with Crippen molar-refractivity contribution in [2.24, 2.45) is 0 Å². The number of alkyl halides is 1. The Bertz CT molecular complexity index is 110. The van der Waals surface area contributed by atoms with Gasteiger partial charge in [-0.15, -0.1) is 0 Å². The summed E-state index contributed by atoms with van der Waals surface area (Å²) in [5.74, 6) is 0. The van der Waals surface area contributed by atoms with E-state index in [2.05, 4.69) is 0 Å². The van der Waals surface area contributed by atoms with E-state index in [-0.39, 0.29) is 0 Å². The van der Waals surface area contributed by atoms with Crippen molar-refractivity contribution >= 4 is 10.7 Å². The fourth-order valence-electron chi connectivity index (χ4n) is 0.172. The van der Waals surface area contributed by atoms with Gasteiger partial charge in [0.2, 0.25) is 0 Å². The van der Waals surface area contributed by atoms with Crippen LogP contribution in [0, 0.1) is 0 Å². The number of aliphatic hydroxyl groups excluding tert-OH is 1. The molecule has 0 aromatic rings. The van der Waals surface area contributed by atoms with Gasteiger partial charge in [0.05, 0.1) is 6.61 Å². The van der Waals surface area contributed by atoms with E-state index >= 15 is 0 Å². The maximum atomic E-state index is 11.4. The Labute approximate surface area is 48.1 Å². The second-order valence-corrected chi connectivity index (χ2v) is 2.58. The van der Waals surface area contributed by atoms with E-state index in [1.165, 1.54) is 0 Å². The molecule has 0 aliphatic carbocycles. The molecule has 3 nitrogen and oxygen atoms in total. The van der Waals surface area contributed by atoms with Crippen LogP contribution in [0.2, 0.25) is 0 Å². The zero-order chi connectivity index (χ0) is 6.57. The molecule has 1 unspecified atom stereocenters. The number of hydrogen-bond acceptors (Lipinski definition) is 3. The Hall–Kier alpha value is -0.160.